The topological polar surface area (TPSA) is 17.1 Å². The van der Waals surface area contributed by atoms with Crippen LogP contribution in [0.2, 0.25) is 0 Å². The number of rotatable bonds is 0. The van der Waals surface area contributed by atoms with Crippen molar-refractivity contribution in [3.63, 3.8) is 0 Å². The largest absolute Gasteiger partial charge is 0.289 e. The van der Waals surface area contributed by atoms with Crippen molar-refractivity contribution >= 4 is 5.78 Å². The first kappa shape index (κ1) is 10.1. The van der Waals surface area contributed by atoms with Crippen molar-refractivity contribution in [1.82, 2.24) is 0 Å². The molecule has 2 aromatic rings. The van der Waals surface area contributed by atoms with Crippen LogP contribution in [-0.2, 0) is 0 Å². The highest BCUT2D eigenvalue weighted by Crippen LogP contribution is 2.38. The summed E-state index contributed by atoms with van der Waals surface area (Å²) < 4.78 is 39.7. The Kier molecular flexibility index (Phi) is 1.90. The Morgan fingerprint density at radius 2 is 1.47 bits per heavy atom. The second kappa shape index (κ2) is 3.20. The molecule has 0 aromatic heterocycles. The van der Waals surface area contributed by atoms with Crippen molar-refractivity contribution < 1.29 is 18.0 Å². The van der Waals surface area contributed by atoms with Crippen LogP contribution in [0.4, 0.5) is 13.2 Å². The molecule has 0 unspecified atom stereocenters. The zero-order valence-corrected chi connectivity index (χ0v) is 8.43. The molecule has 0 radical (unpaired) electrons. The fourth-order valence-corrected chi connectivity index (χ4v) is 2.09. The Labute approximate surface area is 94.5 Å². The molecule has 0 heterocycles. The number of hydrogen-bond donors (Lipinski definition) is 0. The van der Waals surface area contributed by atoms with Crippen molar-refractivity contribution in [2.75, 3.05) is 0 Å². The number of ketones is 1. The molecular formula is C13H5F3O. The van der Waals surface area contributed by atoms with Crippen LogP contribution in [0.25, 0.3) is 11.1 Å². The van der Waals surface area contributed by atoms with Gasteiger partial charge in [-0.25, -0.2) is 13.2 Å². The normalized spacial score (nSPS) is 12.5. The van der Waals surface area contributed by atoms with E-state index in [1.165, 1.54) is 6.07 Å². The molecule has 84 valence electrons. The Hall–Kier alpha value is -2.10. The van der Waals surface area contributed by atoms with Gasteiger partial charge in [0, 0.05) is 22.8 Å². The van der Waals surface area contributed by atoms with Gasteiger partial charge in [0.15, 0.2) is 5.78 Å². The molecule has 2 aromatic carbocycles. The van der Waals surface area contributed by atoms with Gasteiger partial charge in [-0.1, -0.05) is 6.07 Å². The molecule has 4 heteroatoms. The van der Waals surface area contributed by atoms with E-state index in [1.54, 1.807) is 0 Å². The summed E-state index contributed by atoms with van der Waals surface area (Å²) >= 11 is 0. The molecule has 0 fully saturated rings. The first-order valence-electron chi connectivity index (χ1n) is 4.91. The number of carbonyl (C=O) groups excluding carboxylic acids is 1. The maximum absolute atomic E-state index is 13.6. The van der Waals surface area contributed by atoms with Crippen LogP contribution < -0.4 is 0 Å². The summed E-state index contributed by atoms with van der Waals surface area (Å²) in [5, 5.41) is 0. The lowest BCUT2D eigenvalue weighted by atomic mass is 10.1. The van der Waals surface area contributed by atoms with Crippen LogP contribution in [0.5, 0.6) is 0 Å². The molecule has 1 nitrogen and oxygen atoms in total. The second-order valence-electron chi connectivity index (χ2n) is 3.83. The van der Waals surface area contributed by atoms with Crippen LogP contribution >= 0.6 is 0 Å². The van der Waals surface area contributed by atoms with Gasteiger partial charge in [0.05, 0.1) is 0 Å². The average Bonchev–Trinajstić information content (AvgIpc) is 2.53. The van der Waals surface area contributed by atoms with E-state index in [4.69, 9.17) is 0 Å². The summed E-state index contributed by atoms with van der Waals surface area (Å²) in [6.45, 7) is 0. The van der Waals surface area contributed by atoms with E-state index >= 15 is 0 Å². The average molecular weight is 234 g/mol. The zero-order valence-electron chi connectivity index (χ0n) is 8.43. The molecule has 0 saturated heterocycles. The maximum atomic E-state index is 13.6. The molecule has 3 rings (SSSR count). The zero-order chi connectivity index (χ0) is 12.2. The van der Waals surface area contributed by atoms with E-state index in [0.717, 1.165) is 18.2 Å². The third kappa shape index (κ3) is 1.30. The summed E-state index contributed by atoms with van der Waals surface area (Å²) in [7, 11) is 0. The third-order valence-corrected chi connectivity index (χ3v) is 2.80. The van der Waals surface area contributed by atoms with Crippen LogP contribution in [0.1, 0.15) is 15.9 Å². The number of benzene rings is 2. The molecular weight excluding hydrogens is 229 g/mol. The minimum atomic E-state index is -0.817. The third-order valence-electron chi connectivity index (χ3n) is 2.80. The summed E-state index contributed by atoms with van der Waals surface area (Å²) in [5.74, 6) is -2.75. The van der Waals surface area contributed by atoms with Crippen molar-refractivity contribution in [3.8, 4) is 11.1 Å². The van der Waals surface area contributed by atoms with E-state index in [-0.39, 0.29) is 16.7 Å². The van der Waals surface area contributed by atoms with Crippen LogP contribution in [-0.4, -0.2) is 5.78 Å². The first-order valence-corrected chi connectivity index (χ1v) is 4.91. The van der Waals surface area contributed by atoms with Gasteiger partial charge < -0.3 is 0 Å². The Morgan fingerprint density at radius 3 is 2.24 bits per heavy atom. The highest BCUT2D eigenvalue weighted by atomic mass is 19.1. The minimum absolute atomic E-state index is 0.0476. The second-order valence-corrected chi connectivity index (χ2v) is 3.83. The van der Waals surface area contributed by atoms with E-state index in [1.807, 2.05) is 0 Å². The van der Waals surface area contributed by atoms with E-state index < -0.39 is 23.2 Å². The smallest absolute Gasteiger partial charge is 0.194 e. The summed E-state index contributed by atoms with van der Waals surface area (Å²) in [6.07, 6.45) is 0. The summed E-state index contributed by atoms with van der Waals surface area (Å²) in [6, 6.07) is 5.19. The molecule has 0 atom stereocenters. The lowest BCUT2D eigenvalue weighted by molar-refractivity contribution is 0.104. The minimum Gasteiger partial charge on any atom is -0.289 e. The van der Waals surface area contributed by atoms with Gasteiger partial charge in [0.25, 0.3) is 0 Å². The van der Waals surface area contributed by atoms with Crippen LogP contribution in [0.3, 0.4) is 0 Å². The van der Waals surface area contributed by atoms with E-state index in [2.05, 4.69) is 0 Å². The van der Waals surface area contributed by atoms with Gasteiger partial charge in [0.1, 0.15) is 17.5 Å². The van der Waals surface area contributed by atoms with Gasteiger partial charge in [-0.2, -0.15) is 0 Å². The fraction of sp³-hybridized carbons (Fsp3) is 0. The highest BCUT2D eigenvalue weighted by Gasteiger charge is 2.30. The van der Waals surface area contributed by atoms with Crippen molar-refractivity contribution in [2.45, 2.75) is 0 Å². The number of fused-ring (bicyclic) bond motifs is 3. The van der Waals surface area contributed by atoms with Crippen molar-refractivity contribution in [3.05, 3.63) is 58.9 Å². The monoisotopic (exact) mass is 234 g/mol. The SMILES string of the molecule is O=C1c2cc(F)ccc2-c2c(F)cc(F)cc21. The Morgan fingerprint density at radius 1 is 0.765 bits per heavy atom. The molecule has 0 saturated carbocycles. The standard InChI is InChI=1S/C13H5F3O/c14-6-1-2-8-9(3-6)13(17)10-4-7(15)5-11(16)12(8)10/h1-5H. The van der Waals surface area contributed by atoms with Gasteiger partial charge in [-0.05, 0) is 23.8 Å². The molecule has 1 aliphatic rings. The fourth-order valence-electron chi connectivity index (χ4n) is 2.09. The van der Waals surface area contributed by atoms with Crippen LogP contribution in [0, 0.1) is 17.5 Å². The molecule has 1 aliphatic carbocycles. The molecule has 0 bridgehead atoms. The number of carbonyl (C=O) groups is 1. The predicted octanol–water partition coefficient (Wildman–Crippen LogP) is 3.32. The van der Waals surface area contributed by atoms with Crippen molar-refractivity contribution in [1.29, 1.82) is 0 Å². The van der Waals surface area contributed by atoms with Gasteiger partial charge in [-0.3, -0.25) is 4.79 Å². The summed E-state index contributed by atoms with van der Waals surface area (Å²) in [5.41, 5.74) is 0.378. The quantitative estimate of drug-likeness (QED) is 0.583. The molecule has 0 N–H and O–H groups in total. The lowest BCUT2D eigenvalue weighted by Crippen LogP contribution is -1.97. The molecule has 0 aliphatic heterocycles. The lowest BCUT2D eigenvalue weighted by Gasteiger charge is -2.01. The number of hydrogen-bond acceptors (Lipinski definition) is 1. The van der Waals surface area contributed by atoms with E-state index in [0.29, 0.717) is 11.6 Å². The maximum Gasteiger partial charge on any atom is 0.194 e. The van der Waals surface area contributed by atoms with E-state index in [9.17, 15) is 18.0 Å². The Balaban J connectivity index is 2.39. The summed E-state index contributed by atoms with van der Waals surface area (Å²) in [4.78, 5) is 11.8. The Bertz CT molecular complexity index is 662. The van der Waals surface area contributed by atoms with Gasteiger partial charge in [0.2, 0.25) is 0 Å². The molecule has 0 amide bonds. The van der Waals surface area contributed by atoms with Gasteiger partial charge >= 0.3 is 0 Å². The molecule has 17 heavy (non-hydrogen) atoms. The predicted molar refractivity (Wildman–Crippen MR) is 55.2 cm³/mol. The highest BCUT2D eigenvalue weighted by molar-refractivity contribution is 6.21. The van der Waals surface area contributed by atoms with Gasteiger partial charge in [-0.15, -0.1) is 0 Å². The van der Waals surface area contributed by atoms with Crippen molar-refractivity contribution in [2.24, 2.45) is 0 Å². The molecule has 0 spiro atoms. The number of halogens is 3. The first-order chi connectivity index (χ1) is 8.08. The van der Waals surface area contributed by atoms with Crippen LogP contribution in [0.15, 0.2) is 30.3 Å².